The van der Waals surface area contributed by atoms with E-state index in [1.165, 1.54) is 19.2 Å². The number of nitrogens with one attached hydrogen (secondary N) is 2. The summed E-state index contributed by atoms with van der Waals surface area (Å²) in [6.07, 6.45) is 6.69. The van der Waals surface area contributed by atoms with E-state index in [-0.39, 0.29) is 9.79 Å². The van der Waals surface area contributed by atoms with Crippen LogP contribution in [0.3, 0.4) is 0 Å². The first kappa shape index (κ1) is 25.8. The van der Waals surface area contributed by atoms with Crippen molar-refractivity contribution in [3.05, 3.63) is 76.2 Å². The van der Waals surface area contributed by atoms with Gasteiger partial charge in [-0.3, -0.25) is 9.44 Å². The Morgan fingerprint density at radius 1 is 0.806 bits per heavy atom. The van der Waals surface area contributed by atoms with E-state index < -0.39 is 20.0 Å². The Labute approximate surface area is 212 Å². The quantitative estimate of drug-likeness (QED) is 0.440. The summed E-state index contributed by atoms with van der Waals surface area (Å²) in [4.78, 5) is 0.284. The molecule has 9 heteroatoms. The molecule has 0 amide bonds. The van der Waals surface area contributed by atoms with Gasteiger partial charge in [0.25, 0.3) is 20.0 Å². The molecule has 0 saturated heterocycles. The Morgan fingerprint density at radius 3 is 1.94 bits per heavy atom. The van der Waals surface area contributed by atoms with Crippen LogP contribution in [0.15, 0.2) is 64.4 Å². The number of aryl methyl sites for hydroxylation is 2. The van der Waals surface area contributed by atoms with E-state index >= 15 is 0 Å². The van der Waals surface area contributed by atoms with Crippen molar-refractivity contribution in [3.8, 4) is 5.75 Å². The van der Waals surface area contributed by atoms with Crippen molar-refractivity contribution in [1.29, 1.82) is 0 Å². The first-order chi connectivity index (χ1) is 17.1. The van der Waals surface area contributed by atoms with E-state index in [0.29, 0.717) is 34.0 Å². The molecule has 0 bridgehead atoms. The summed E-state index contributed by atoms with van der Waals surface area (Å²) in [6, 6.07) is 14.6. The second-order valence-corrected chi connectivity index (χ2v) is 12.1. The second kappa shape index (κ2) is 10.4. The number of ether oxygens (including phenoxy) is 1. The summed E-state index contributed by atoms with van der Waals surface area (Å²) in [5.74, 6) is 0.560. The Morgan fingerprint density at radius 2 is 1.36 bits per heavy atom. The number of benzene rings is 3. The summed E-state index contributed by atoms with van der Waals surface area (Å²) in [5.41, 5.74) is 2.62. The molecule has 0 unspecified atom stereocenters. The third-order valence-electron chi connectivity index (χ3n) is 6.05. The topological polar surface area (TPSA) is 102 Å². The number of hydrogen-bond donors (Lipinski definition) is 2. The molecular weight excluding hydrogens is 496 g/mol. The molecule has 36 heavy (non-hydrogen) atoms. The van der Waals surface area contributed by atoms with Crippen LogP contribution in [-0.2, 0) is 26.5 Å². The average Bonchev–Trinajstić information content (AvgIpc) is 2.86. The maximum absolute atomic E-state index is 13.2. The van der Waals surface area contributed by atoms with Crippen molar-refractivity contribution in [1.82, 2.24) is 0 Å². The third-order valence-corrected chi connectivity index (χ3v) is 8.80. The molecule has 0 fully saturated rings. The maximum Gasteiger partial charge on any atom is 0.261 e. The molecular formula is C27H30N2O5S2. The van der Waals surface area contributed by atoms with E-state index in [1.807, 2.05) is 26.0 Å². The highest BCUT2D eigenvalue weighted by molar-refractivity contribution is 7.93. The van der Waals surface area contributed by atoms with E-state index in [9.17, 15) is 16.8 Å². The fraction of sp³-hybridized carbons (Fsp3) is 0.259. The predicted octanol–water partition coefficient (Wildman–Crippen LogP) is 3.91. The Kier molecular flexibility index (Phi) is 7.42. The molecule has 1 aliphatic carbocycles. The molecule has 3 aromatic rings. The van der Waals surface area contributed by atoms with Gasteiger partial charge >= 0.3 is 0 Å². The van der Waals surface area contributed by atoms with Gasteiger partial charge < -0.3 is 4.74 Å². The minimum Gasteiger partial charge on any atom is -0.497 e. The molecule has 7 nitrogen and oxygen atoms in total. The van der Waals surface area contributed by atoms with Crippen molar-refractivity contribution < 1.29 is 21.6 Å². The van der Waals surface area contributed by atoms with E-state index in [1.54, 1.807) is 42.5 Å². The first-order valence-corrected chi connectivity index (χ1v) is 14.7. The molecule has 190 valence electrons. The molecule has 1 aliphatic rings. The van der Waals surface area contributed by atoms with Crippen LogP contribution in [0.1, 0.15) is 37.3 Å². The Balaban J connectivity index is 1.81. The summed E-state index contributed by atoms with van der Waals surface area (Å²) in [7, 11) is -6.19. The first-order valence-electron chi connectivity index (χ1n) is 11.8. The predicted molar refractivity (Wildman–Crippen MR) is 144 cm³/mol. The zero-order chi connectivity index (χ0) is 25.9. The van der Waals surface area contributed by atoms with Gasteiger partial charge in [0.2, 0.25) is 0 Å². The highest BCUT2D eigenvalue weighted by Crippen LogP contribution is 2.24. The Bertz CT molecular complexity index is 1590. The number of sulfonamides is 2. The molecule has 0 spiro atoms. The zero-order valence-corrected chi connectivity index (χ0v) is 22.2. The lowest BCUT2D eigenvalue weighted by atomic mass is 9.99. The fourth-order valence-corrected chi connectivity index (χ4v) is 6.40. The monoisotopic (exact) mass is 526 g/mol. The van der Waals surface area contributed by atoms with Gasteiger partial charge in [0.05, 0.1) is 28.3 Å². The maximum atomic E-state index is 13.2. The summed E-state index contributed by atoms with van der Waals surface area (Å²) in [5, 5.41) is 1.36. The van der Waals surface area contributed by atoms with Gasteiger partial charge in [0.15, 0.2) is 0 Å². The van der Waals surface area contributed by atoms with Gasteiger partial charge in [-0.05, 0) is 74.2 Å². The number of rotatable bonds is 9. The van der Waals surface area contributed by atoms with Crippen LogP contribution >= 0.6 is 0 Å². The van der Waals surface area contributed by atoms with Gasteiger partial charge in [-0.2, -0.15) is 0 Å². The van der Waals surface area contributed by atoms with Crippen molar-refractivity contribution in [2.75, 3.05) is 16.6 Å². The van der Waals surface area contributed by atoms with Gasteiger partial charge in [0, 0.05) is 10.4 Å². The molecule has 4 rings (SSSR count). The lowest BCUT2D eigenvalue weighted by Gasteiger charge is -2.19. The highest BCUT2D eigenvalue weighted by atomic mass is 32.2. The zero-order valence-electron chi connectivity index (χ0n) is 20.5. The molecule has 0 saturated carbocycles. The van der Waals surface area contributed by atoms with E-state index in [0.717, 1.165) is 30.4 Å². The van der Waals surface area contributed by atoms with Crippen LogP contribution in [0, 0.1) is 6.92 Å². The molecule has 0 aromatic heterocycles. The lowest BCUT2D eigenvalue weighted by molar-refractivity contribution is 0.414. The van der Waals surface area contributed by atoms with Crippen LogP contribution in [0.5, 0.6) is 5.75 Å². The van der Waals surface area contributed by atoms with Crippen molar-refractivity contribution >= 4 is 43.6 Å². The second-order valence-electron chi connectivity index (χ2n) is 8.72. The van der Waals surface area contributed by atoms with Crippen LogP contribution in [0.25, 0.3) is 12.2 Å². The number of methoxy groups -OCH3 is 1. The number of hydrogen-bond acceptors (Lipinski definition) is 5. The van der Waals surface area contributed by atoms with Crippen molar-refractivity contribution in [3.63, 3.8) is 0 Å². The van der Waals surface area contributed by atoms with Crippen molar-refractivity contribution in [2.24, 2.45) is 0 Å². The van der Waals surface area contributed by atoms with Gasteiger partial charge in [-0.1, -0.05) is 43.2 Å². The lowest BCUT2D eigenvalue weighted by Crippen LogP contribution is -2.36. The van der Waals surface area contributed by atoms with Crippen LogP contribution in [0.4, 0.5) is 11.4 Å². The molecule has 0 radical (unpaired) electrons. The van der Waals surface area contributed by atoms with Gasteiger partial charge in [-0.15, -0.1) is 0 Å². The number of anilines is 2. The number of fused-ring (bicyclic) bond motifs is 1. The van der Waals surface area contributed by atoms with Crippen LogP contribution in [0.2, 0.25) is 0 Å². The van der Waals surface area contributed by atoms with Crippen molar-refractivity contribution in [2.45, 2.75) is 49.3 Å². The summed E-state index contributed by atoms with van der Waals surface area (Å²) >= 11 is 0. The highest BCUT2D eigenvalue weighted by Gasteiger charge is 2.21. The molecule has 0 atom stereocenters. The molecule has 2 N–H and O–H groups in total. The normalized spacial score (nSPS) is 13.2. The van der Waals surface area contributed by atoms with E-state index in [2.05, 4.69) is 9.44 Å². The minimum atomic E-state index is -3.88. The Hall–Kier alpha value is -3.30. The molecule has 0 aliphatic heterocycles. The largest absolute Gasteiger partial charge is 0.497 e. The van der Waals surface area contributed by atoms with Gasteiger partial charge in [0.1, 0.15) is 5.75 Å². The standard InChI is InChI=1S/C27H30N2O5S2/c1-4-7-20-18-26(28-35(30,31)23-16-12-21(34-3)13-17-23)24-8-5-6-9-25(24)27(20)29-36(32,33)22-14-10-19(2)11-15-22/h8-18,28-29H,4-7H2,1-3H3. The minimum absolute atomic E-state index is 0.109. The third kappa shape index (κ3) is 5.42. The van der Waals surface area contributed by atoms with E-state index in [4.69, 9.17) is 4.74 Å². The van der Waals surface area contributed by atoms with Crippen LogP contribution < -0.4 is 24.6 Å². The SMILES string of the molecule is CCCc1cc(NS(=O)(=O)c2ccc(OC)cc2)c2c(c1NS(=O)(=O)c1ccc(C)cc1)=CCCC=2. The molecule has 3 aromatic carbocycles. The fourth-order valence-electron chi connectivity index (χ4n) is 4.20. The van der Waals surface area contributed by atoms with Crippen LogP contribution in [-0.4, -0.2) is 23.9 Å². The molecule has 0 heterocycles. The summed E-state index contributed by atoms with van der Waals surface area (Å²) in [6.45, 7) is 3.89. The summed E-state index contributed by atoms with van der Waals surface area (Å²) < 4.78 is 63.5. The van der Waals surface area contributed by atoms with Gasteiger partial charge in [-0.25, -0.2) is 16.8 Å². The average molecular weight is 527 g/mol. The smallest absolute Gasteiger partial charge is 0.261 e.